The lowest BCUT2D eigenvalue weighted by Gasteiger charge is -2.04. The molecule has 0 aliphatic rings. The van der Waals surface area contributed by atoms with Crippen LogP contribution in [0.25, 0.3) is 0 Å². The fourth-order valence-electron chi connectivity index (χ4n) is 1.20. The van der Waals surface area contributed by atoms with Gasteiger partial charge in [0.15, 0.2) is 0 Å². The first-order valence-electron chi connectivity index (χ1n) is 4.80. The molecule has 84 valence electrons. The predicted molar refractivity (Wildman–Crippen MR) is 65.8 cm³/mol. The number of rotatable bonds is 4. The first-order valence-corrected chi connectivity index (χ1v) is 5.99. The summed E-state index contributed by atoms with van der Waals surface area (Å²) in [5.41, 5.74) is 6.30. The van der Waals surface area contributed by atoms with Crippen LogP contribution in [-0.4, -0.2) is 4.98 Å². The Morgan fingerprint density at radius 2 is 2.19 bits per heavy atom. The van der Waals surface area contributed by atoms with Gasteiger partial charge in [-0.3, -0.25) is 4.98 Å². The van der Waals surface area contributed by atoms with Crippen LogP contribution in [0, 0.1) is 0 Å². The van der Waals surface area contributed by atoms with Crippen LogP contribution >= 0.6 is 22.9 Å². The number of ether oxygens (including phenoxy) is 1. The van der Waals surface area contributed by atoms with Crippen LogP contribution in [0.3, 0.4) is 0 Å². The van der Waals surface area contributed by atoms with E-state index in [1.807, 2.05) is 24.3 Å². The Kier molecular flexibility index (Phi) is 3.77. The van der Waals surface area contributed by atoms with E-state index in [0.29, 0.717) is 13.2 Å². The van der Waals surface area contributed by atoms with Crippen LogP contribution < -0.4 is 10.5 Å². The van der Waals surface area contributed by atoms with E-state index in [1.54, 1.807) is 6.20 Å². The summed E-state index contributed by atoms with van der Waals surface area (Å²) < 4.78 is 6.33. The molecule has 2 N–H and O–H groups in total. The summed E-state index contributed by atoms with van der Waals surface area (Å²) in [7, 11) is 0. The Morgan fingerprint density at radius 3 is 2.75 bits per heavy atom. The molecule has 2 heterocycles. The summed E-state index contributed by atoms with van der Waals surface area (Å²) in [6, 6.07) is 7.54. The maximum Gasteiger partial charge on any atom is 0.138 e. The van der Waals surface area contributed by atoms with Gasteiger partial charge < -0.3 is 10.5 Å². The van der Waals surface area contributed by atoms with Crippen molar-refractivity contribution in [1.82, 2.24) is 4.98 Å². The average molecular weight is 255 g/mol. The largest absolute Gasteiger partial charge is 0.486 e. The van der Waals surface area contributed by atoms with E-state index in [9.17, 15) is 0 Å². The molecule has 16 heavy (non-hydrogen) atoms. The third kappa shape index (κ3) is 2.95. The molecule has 0 saturated heterocycles. The fraction of sp³-hybridized carbons (Fsp3) is 0.182. The van der Waals surface area contributed by atoms with Crippen molar-refractivity contribution in [3.8, 4) is 5.75 Å². The zero-order valence-electron chi connectivity index (χ0n) is 8.52. The van der Waals surface area contributed by atoms with Crippen LogP contribution in [0.4, 0.5) is 0 Å². The van der Waals surface area contributed by atoms with Gasteiger partial charge in [-0.05, 0) is 24.3 Å². The molecule has 5 heteroatoms. The van der Waals surface area contributed by atoms with Crippen LogP contribution in [0.5, 0.6) is 5.75 Å². The Bertz CT molecular complexity index is 455. The second-order valence-electron chi connectivity index (χ2n) is 3.18. The molecule has 0 atom stereocenters. The first kappa shape index (κ1) is 11.4. The van der Waals surface area contributed by atoms with Crippen molar-refractivity contribution in [2.24, 2.45) is 5.73 Å². The van der Waals surface area contributed by atoms with Gasteiger partial charge in [0.05, 0.1) is 16.2 Å². The Morgan fingerprint density at radius 1 is 1.31 bits per heavy atom. The second kappa shape index (κ2) is 5.30. The normalized spacial score (nSPS) is 10.4. The van der Waals surface area contributed by atoms with E-state index in [-0.39, 0.29) is 0 Å². The molecule has 2 aromatic rings. The maximum absolute atomic E-state index is 5.82. The van der Waals surface area contributed by atoms with Crippen molar-refractivity contribution < 1.29 is 4.74 Å². The number of hydrogen-bond donors (Lipinski definition) is 1. The molecule has 0 bridgehead atoms. The SMILES string of the molecule is NCc1ccc(OCc2ccc(Cl)s2)cn1. The number of thiophene rings is 1. The van der Waals surface area contributed by atoms with Gasteiger partial charge in [0.2, 0.25) is 0 Å². The van der Waals surface area contributed by atoms with Crippen LogP contribution in [0.15, 0.2) is 30.5 Å². The van der Waals surface area contributed by atoms with E-state index >= 15 is 0 Å². The lowest BCUT2D eigenvalue weighted by Crippen LogP contribution is -1.99. The highest BCUT2D eigenvalue weighted by Crippen LogP contribution is 2.22. The third-order valence-electron chi connectivity index (χ3n) is 2.02. The standard InChI is InChI=1S/C11H11ClN2OS/c12-11-4-3-10(16-11)7-15-9-2-1-8(5-13)14-6-9/h1-4,6H,5,7,13H2. The Labute approximate surface area is 103 Å². The molecule has 0 spiro atoms. The molecule has 0 aliphatic heterocycles. The zero-order chi connectivity index (χ0) is 11.4. The highest BCUT2D eigenvalue weighted by Gasteiger charge is 2.00. The second-order valence-corrected chi connectivity index (χ2v) is 4.98. The molecule has 0 aromatic carbocycles. The summed E-state index contributed by atoms with van der Waals surface area (Å²) in [5, 5.41) is 0. The van der Waals surface area contributed by atoms with Crippen molar-refractivity contribution in [3.63, 3.8) is 0 Å². The molecule has 3 nitrogen and oxygen atoms in total. The van der Waals surface area contributed by atoms with E-state index in [0.717, 1.165) is 20.7 Å². The fourth-order valence-corrected chi connectivity index (χ4v) is 2.20. The minimum absolute atomic E-state index is 0.445. The molecule has 0 amide bonds. The summed E-state index contributed by atoms with van der Waals surface area (Å²) in [4.78, 5) is 5.23. The van der Waals surface area contributed by atoms with Crippen LogP contribution in [0.2, 0.25) is 4.34 Å². The first-order chi connectivity index (χ1) is 7.78. The number of nitrogens with zero attached hydrogens (tertiary/aromatic N) is 1. The summed E-state index contributed by atoms with van der Waals surface area (Å²) in [6.45, 7) is 0.960. The molecular formula is C11H11ClN2OS. The number of pyridine rings is 1. The van der Waals surface area contributed by atoms with Gasteiger partial charge in [-0.1, -0.05) is 11.6 Å². The number of nitrogens with two attached hydrogens (primary N) is 1. The van der Waals surface area contributed by atoms with Crippen molar-refractivity contribution in [2.45, 2.75) is 13.2 Å². The van der Waals surface area contributed by atoms with Gasteiger partial charge in [-0.25, -0.2) is 0 Å². The molecule has 0 aliphatic carbocycles. The van der Waals surface area contributed by atoms with Gasteiger partial charge in [0.25, 0.3) is 0 Å². The zero-order valence-corrected chi connectivity index (χ0v) is 10.1. The van der Waals surface area contributed by atoms with Gasteiger partial charge in [0.1, 0.15) is 12.4 Å². The number of aromatic nitrogens is 1. The summed E-state index contributed by atoms with van der Waals surface area (Å²) in [5.74, 6) is 0.738. The smallest absolute Gasteiger partial charge is 0.138 e. The van der Waals surface area contributed by atoms with Crippen molar-refractivity contribution in [2.75, 3.05) is 0 Å². The Hall–Kier alpha value is -1.10. The quantitative estimate of drug-likeness (QED) is 0.913. The van der Waals surface area contributed by atoms with E-state index < -0.39 is 0 Å². The van der Waals surface area contributed by atoms with E-state index in [2.05, 4.69) is 4.98 Å². The molecule has 2 aromatic heterocycles. The van der Waals surface area contributed by atoms with Gasteiger partial charge in [0, 0.05) is 11.4 Å². The number of halogens is 1. The summed E-state index contributed by atoms with van der Waals surface area (Å²) >= 11 is 7.33. The number of hydrogen-bond acceptors (Lipinski definition) is 4. The molecule has 0 saturated carbocycles. The Balaban J connectivity index is 1.94. The van der Waals surface area contributed by atoms with Gasteiger partial charge in [-0.2, -0.15) is 0 Å². The lowest BCUT2D eigenvalue weighted by molar-refractivity contribution is 0.308. The van der Waals surface area contributed by atoms with Crippen molar-refractivity contribution in [3.05, 3.63) is 45.4 Å². The summed E-state index contributed by atoms with van der Waals surface area (Å²) in [6.07, 6.45) is 1.68. The highest BCUT2D eigenvalue weighted by molar-refractivity contribution is 7.16. The lowest BCUT2D eigenvalue weighted by atomic mass is 10.3. The minimum Gasteiger partial charge on any atom is -0.486 e. The van der Waals surface area contributed by atoms with E-state index in [4.69, 9.17) is 22.1 Å². The van der Waals surface area contributed by atoms with Gasteiger partial charge >= 0.3 is 0 Å². The topological polar surface area (TPSA) is 48.1 Å². The predicted octanol–water partition coefficient (Wildman–Crippen LogP) is 2.83. The van der Waals surface area contributed by atoms with E-state index in [1.165, 1.54) is 11.3 Å². The highest BCUT2D eigenvalue weighted by atomic mass is 35.5. The molecule has 0 radical (unpaired) electrons. The molecule has 0 fully saturated rings. The molecule has 2 rings (SSSR count). The molecule has 0 unspecified atom stereocenters. The monoisotopic (exact) mass is 254 g/mol. The minimum atomic E-state index is 0.445. The van der Waals surface area contributed by atoms with Crippen molar-refractivity contribution >= 4 is 22.9 Å². The molecular weight excluding hydrogens is 244 g/mol. The van der Waals surface area contributed by atoms with Crippen LogP contribution in [0.1, 0.15) is 10.6 Å². The van der Waals surface area contributed by atoms with Crippen molar-refractivity contribution in [1.29, 1.82) is 0 Å². The maximum atomic E-state index is 5.82. The third-order valence-corrected chi connectivity index (χ3v) is 3.22. The van der Waals surface area contributed by atoms with Gasteiger partial charge in [-0.15, -0.1) is 11.3 Å². The average Bonchev–Trinajstić information content (AvgIpc) is 2.73. The van der Waals surface area contributed by atoms with Crippen LogP contribution in [-0.2, 0) is 13.2 Å².